The number of carbonyl (C=O) groups excluding carboxylic acids is 1. The number of rotatable bonds is 6. The SMILES string of the molecule is COc1ccc2c(c1)OC(C)(C)C[C@H]2NC(=O)c1ccc(CSc2ccc(C)cc2)cc1. The third kappa shape index (κ3) is 5.28. The van der Waals surface area contributed by atoms with Crippen molar-refractivity contribution in [1.82, 2.24) is 5.32 Å². The van der Waals surface area contributed by atoms with Gasteiger partial charge in [0.05, 0.1) is 13.2 Å². The zero-order chi connectivity index (χ0) is 22.7. The number of thioether (sulfide) groups is 1. The van der Waals surface area contributed by atoms with E-state index in [1.165, 1.54) is 16.0 Å². The van der Waals surface area contributed by atoms with Crippen LogP contribution in [0.3, 0.4) is 0 Å². The smallest absolute Gasteiger partial charge is 0.251 e. The van der Waals surface area contributed by atoms with Crippen LogP contribution in [-0.2, 0) is 5.75 Å². The van der Waals surface area contributed by atoms with Crippen LogP contribution in [0.25, 0.3) is 0 Å². The summed E-state index contributed by atoms with van der Waals surface area (Å²) >= 11 is 1.80. The Kier molecular flexibility index (Phi) is 6.47. The second-order valence-corrected chi connectivity index (χ2v) is 9.84. The van der Waals surface area contributed by atoms with E-state index in [9.17, 15) is 4.79 Å². The lowest BCUT2D eigenvalue weighted by molar-refractivity contribution is 0.0617. The van der Waals surface area contributed by atoms with Gasteiger partial charge in [0.2, 0.25) is 0 Å². The van der Waals surface area contributed by atoms with Gasteiger partial charge in [0.1, 0.15) is 17.1 Å². The monoisotopic (exact) mass is 447 g/mol. The Morgan fingerprint density at radius 3 is 2.50 bits per heavy atom. The van der Waals surface area contributed by atoms with Crippen LogP contribution in [0.5, 0.6) is 11.5 Å². The topological polar surface area (TPSA) is 47.6 Å². The van der Waals surface area contributed by atoms with Gasteiger partial charge < -0.3 is 14.8 Å². The van der Waals surface area contributed by atoms with E-state index in [4.69, 9.17) is 9.47 Å². The molecule has 0 spiro atoms. The lowest BCUT2D eigenvalue weighted by atomic mass is 9.89. The summed E-state index contributed by atoms with van der Waals surface area (Å²) in [5.74, 6) is 2.29. The van der Waals surface area contributed by atoms with E-state index in [-0.39, 0.29) is 17.6 Å². The summed E-state index contributed by atoms with van der Waals surface area (Å²) in [6.07, 6.45) is 0.698. The molecule has 1 heterocycles. The van der Waals surface area contributed by atoms with E-state index < -0.39 is 0 Å². The van der Waals surface area contributed by atoms with Crippen molar-refractivity contribution in [2.45, 2.75) is 49.5 Å². The number of fused-ring (bicyclic) bond motifs is 1. The maximum Gasteiger partial charge on any atom is 0.251 e. The zero-order valence-corrected chi connectivity index (χ0v) is 19.8. The molecule has 1 atom stereocenters. The van der Waals surface area contributed by atoms with Crippen LogP contribution in [0.4, 0.5) is 0 Å². The van der Waals surface area contributed by atoms with Crippen LogP contribution in [-0.4, -0.2) is 18.6 Å². The van der Waals surface area contributed by atoms with Gasteiger partial charge in [0.15, 0.2) is 0 Å². The molecule has 3 aromatic rings. The van der Waals surface area contributed by atoms with Crippen molar-refractivity contribution >= 4 is 17.7 Å². The summed E-state index contributed by atoms with van der Waals surface area (Å²) in [7, 11) is 1.64. The number of hydrogen-bond donors (Lipinski definition) is 1. The molecule has 0 unspecified atom stereocenters. The quantitative estimate of drug-likeness (QED) is 0.449. The molecule has 1 aliphatic rings. The van der Waals surface area contributed by atoms with Gasteiger partial charge in [-0.05, 0) is 62.7 Å². The highest BCUT2D eigenvalue weighted by molar-refractivity contribution is 7.98. The van der Waals surface area contributed by atoms with Gasteiger partial charge >= 0.3 is 0 Å². The minimum Gasteiger partial charge on any atom is -0.497 e. The number of aryl methyl sites for hydroxylation is 1. The van der Waals surface area contributed by atoms with Crippen molar-refractivity contribution in [3.05, 3.63) is 89.0 Å². The van der Waals surface area contributed by atoms with Crippen molar-refractivity contribution < 1.29 is 14.3 Å². The van der Waals surface area contributed by atoms with Crippen LogP contribution < -0.4 is 14.8 Å². The van der Waals surface area contributed by atoms with Crippen LogP contribution in [0.1, 0.15) is 53.4 Å². The second kappa shape index (κ2) is 9.29. The molecule has 0 fully saturated rings. The molecule has 1 aliphatic heterocycles. The van der Waals surface area contributed by atoms with E-state index in [1.54, 1.807) is 18.9 Å². The van der Waals surface area contributed by atoms with Crippen molar-refractivity contribution in [1.29, 1.82) is 0 Å². The fraction of sp³-hybridized carbons (Fsp3) is 0.296. The van der Waals surface area contributed by atoms with Crippen molar-refractivity contribution in [2.75, 3.05) is 7.11 Å². The Labute approximate surface area is 194 Å². The number of hydrogen-bond acceptors (Lipinski definition) is 4. The van der Waals surface area contributed by atoms with Crippen molar-refractivity contribution in [3.63, 3.8) is 0 Å². The average Bonchev–Trinajstić information content (AvgIpc) is 2.77. The summed E-state index contributed by atoms with van der Waals surface area (Å²) < 4.78 is 11.5. The zero-order valence-electron chi connectivity index (χ0n) is 19.0. The van der Waals surface area contributed by atoms with E-state index >= 15 is 0 Å². The summed E-state index contributed by atoms with van der Waals surface area (Å²) in [4.78, 5) is 14.2. The lowest BCUT2D eigenvalue weighted by Crippen LogP contribution is -2.41. The first-order chi connectivity index (χ1) is 15.3. The molecular formula is C27H29NO3S. The number of carbonyl (C=O) groups is 1. The van der Waals surface area contributed by atoms with Crippen LogP contribution >= 0.6 is 11.8 Å². The molecule has 0 radical (unpaired) electrons. The van der Waals surface area contributed by atoms with Gasteiger partial charge in [-0.3, -0.25) is 4.79 Å². The predicted octanol–water partition coefficient (Wildman–Crippen LogP) is 6.33. The largest absolute Gasteiger partial charge is 0.497 e. The molecule has 3 aromatic carbocycles. The molecular weight excluding hydrogens is 418 g/mol. The Balaban J connectivity index is 1.43. The molecule has 5 heteroatoms. The number of benzene rings is 3. The van der Waals surface area contributed by atoms with E-state index in [0.717, 1.165) is 22.8 Å². The first-order valence-corrected chi connectivity index (χ1v) is 11.8. The fourth-order valence-corrected chi connectivity index (χ4v) is 4.74. The molecule has 1 amide bonds. The van der Waals surface area contributed by atoms with Gasteiger partial charge in [0.25, 0.3) is 5.91 Å². The summed E-state index contributed by atoms with van der Waals surface area (Å²) in [5, 5.41) is 3.20. The molecule has 0 aliphatic carbocycles. The molecule has 4 rings (SSSR count). The van der Waals surface area contributed by atoms with Gasteiger partial charge in [-0.25, -0.2) is 0 Å². The highest BCUT2D eigenvalue weighted by Gasteiger charge is 2.35. The highest BCUT2D eigenvalue weighted by Crippen LogP contribution is 2.41. The Morgan fingerprint density at radius 2 is 1.81 bits per heavy atom. The second-order valence-electron chi connectivity index (χ2n) is 8.79. The van der Waals surface area contributed by atoms with E-state index in [2.05, 4.69) is 36.5 Å². The van der Waals surface area contributed by atoms with Crippen LogP contribution in [0, 0.1) is 6.92 Å². The van der Waals surface area contributed by atoms with Gasteiger partial charge in [0, 0.05) is 34.3 Å². The minimum atomic E-state index is -0.381. The fourth-order valence-electron chi connectivity index (χ4n) is 3.88. The number of amides is 1. The maximum atomic E-state index is 13.0. The molecule has 0 bridgehead atoms. The molecule has 0 saturated heterocycles. The summed E-state index contributed by atoms with van der Waals surface area (Å²) in [6, 6.07) is 22.0. The van der Waals surface area contributed by atoms with Gasteiger partial charge in [-0.15, -0.1) is 11.8 Å². The minimum absolute atomic E-state index is 0.0767. The van der Waals surface area contributed by atoms with Crippen molar-refractivity contribution in [2.24, 2.45) is 0 Å². The third-order valence-electron chi connectivity index (χ3n) is 5.63. The highest BCUT2D eigenvalue weighted by atomic mass is 32.2. The molecule has 0 aromatic heterocycles. The Morgan fingerprint density at radius 1 is 1.09 bits per heavy atom. The summed E-state index contributed by atoms with van der Waals surface area (Å²) in [5.41, 5.74) is 3.71. The molecule has 1 N–H and O–H groups in total. The molecule has 32 heavy (non-hydrogen) atoms. The molecule has 4 nitrogen and oxygen atoms in total. The first kappa shape index (κ1) is 22.3. The van der Waals surface area contributed by atoms with Gasteiger partial charge in [-0.1, -0.05) is 29.8 Å². The van der Waals surface area contributed by atoms with Crippen LogP contribution in [0.2, 0.25) is 0 Å². The Bertz CT molecular complexity index is 1090. The van der Waals surface area contributed by atoms with Gasteiger partial charge in [-0.2, -0.15) is 0 Å². The number of ether oxygens (including phenoxy) is 2. The number of methoxy groups -OCH3 is 1. The Hall–Kier alpha value is -2.92. The average molecular weight is 448 g/mol. The standard InChI is InChI=1S/C27H29NO3S/c1-18-5-12-22(13-6-18)32-17-19-7-9-20(10-8-19)26(29)28-24-16-27(2,3)31-25-15-21(30-4)11-14-23(24)25/h5-15,24H,16-17H2,1-4H3,(H,28,29)/t24-/m1/s1. The normalized spacial score (nSPS) is 16.6. The summed E-state index contributed by atoms with van der Waals surface area (Å²) in [6.45, 7) is 6.17. The van der Waals surface area contributed by atoms with Crippen LogP contribution in [0.15, 0.2) is 71.6 Å². The molecule has 0 saturated carbocycles. The predicted molar refractivity (Wildman–Crippen MR) is 130 cm³/mol. The molecule has 166 valence electrons. The lowest BCUT2D eigenvalue weighted by Gasteiger charge is -2.38. The maximum absolute atomic E-state index is 13.0. The number of nitrogens with one attached hydrogen (secondary N) is 1. The van der Waals surface area contributed by atoms with Crippen molar-refractivity contribution in [3.8, 4) is 11.5 Å². The van der Waals surface area contributed by atoms with E-state index in [1.807, 2.05) is 56.3 Å². The van der Waals surface area contributed by atoms with E-state index in [0.29, 0.717) is 12.0 Å². The third-order valence-corrected chi connectivity index (χ3v) is 6.71. The first-order valence-electron chi connectivity index (χ1n) is 10.8.